The van der Waals surface area contributed by atoms with Gasteiger partial charge in [-0.25, -0.2) is 9.97 Å². The number of nitrogens with zero attached hydrogens (tertiary/aromatic N) is 2. The van der Waals surface area contributed by atoms with Crippen LogP contribution >= 0.6 is 11.6 Å². The van der Waals surface area contributed by atoms with Crippen molar-refractivity contribution in [3.8, 4) is 0 Å². The van der Waals surface area contributed by atoms with Crippen molar-refractivity contribution < 1.29 is 9.59 Å². The molecule has 0 aliphatic heterocycles. The van der Waals surface area contributed by atoms with E-state index in [9.17, 15) is 9.59 Å². The molecule has 0 radical (unpaired) electrons. The lowest BCUT2D eigenvalue weighted by atomic mass is 10.1. The lowest BCUT2D eigenvalue weighted by molar-refractivity contribution is 0.100. The van der Waals surface area contributed by atoms with E-state index in [1.165, 1.54) is 13.3 Å². The quantitative estimate of drug-likeness (QED) is 0.630. The van der Waals surface area contributed by atoms with E-state index in [-0.39, 0.29) is 11.5 Å². The maximum Gasteiger partial charge on any atom is 0.274 e. The molecule has 0 saturated heterocycles. The van der Waals surface area contributed by atoms with Gasteiger partial charge in [-0.1, -0.05) is 29.8 Å². The predicted molar refractivity (Wildman–Crippen MR) is 106 cm³/mol. The van der Waals surface area contributed by atoms with Gasteiger partial charge in [0, 0.05) is 28.0 Å². The fourth-order valence-corrected chi connectivity index (χ4v) is 2.62. The Balaban J connectivity index is 1.78. The molecular weight excluding hydrogens is 364 g/mol. The summed E-state index contributed by atoms with van der Waals surface area (Å²) in [7, 11) is 0. The number of rotatable bonds is 5. The largest absolute Gasteiger partial charge is 0.340 e. The summed E-state index contributed by atoms with van der Waals surface area (Å²) in [6, 6.07) is 13.8. The summed E-state index contributed by atoms with van der Waals surface area (Å²) in [5.74, 6) is -0.00140. The van der Waals surface area contributed by atoms with Crippen LogP contribution in [0.15, 0.2) is 54.9 Å². The van der Waals surface area contributed by atoms with Crippen LogP contribution in [-0.2, 0) is 0 Å². The zero-order valence-corrected chi connectivity index (χ0v) is 15.5. The normalized spacial score (nSPS) is 10.3. The molecule has 2 N–H and O–H groups in total. The number of halogens is 1. The number of carbonyl (C=O) groups excluding carboxylic acids is 2. The van der Waals surface area contributed by atoms with Crippen molar-refractivity contribution >= 4 is 40.5 Å². The van der Waals surface area contributed by atoms with E-state index in [1.54, 1.807) is 36.4 Å². The number of carbonyl (C=O) groups is 2. The molecular formula is C20H17ClN4O2. The highest BCUT2D eigenvalue weighted by Gasteiger charge is 2.11. The van der Waals surface area contributed by atoms with Crippen molar-refractivity contribution in [3.63, 3.8) is 0 Å². The van der Waals surface area contributed by atoms with E-state index in [0.29, 0.717) is 22.1 Å². The van der Waals surface area contributed by atoms with Gasteiger partial charge in [0.25, 0.3) is 5.91 Å². The Morgan fingerprint density at radius 1 is 1.04 bits per heavy atom. The highest BCUT2D eigenvalue weighted by molar-refractivity contribution is 6.31. The smallest absolute Gasteiger partial charge is 0.274 e. The second-order valence-electron chi connectivity index (χ2n) is 5.92. The Kier molecular flexibility index (Phi) is 5.47. The second-order valence-corrected chi connectivity index (χ2v) is 6.32. The molecule has 0 spiro atoms. The molecule has 1 heterocycles. The SMILES string of the molecule is CC(=O)c1cccc(NC(=O)c2cc(Nc3cccc(Cl)c3C)ncn2)c1. The highest BCUT2D eigenvalue weighted by Crippen LogP contribution is 2.25. The van der Waals surface area contributed by atoms with Crippen molar-refractivity contribution in [1.82, 2.24) is 9.97 Å². The number of nitrogens with one attached hydrogen (secondary N) is 2. The molecule has 2 aromatic carbocycles. The van der Waals surface area contributed by atoms with E-state index < -0.39 is 5.91 Å². The number of benzene rings is 2. The zero-order valence-electron chi connectivity index (χ0n) is 14.8. The van der Waals surface area contributed by atoms with Gasteiger partial charge in [-0.05, 0) is 43.7 Å². The van der Waals surface area contributed by atoms with Crippen molar-refractivity contribution in [2.75, 3.05) is 10.6 Å². The van der Waals surface area contributed by atoms with Crippen molar-refractivity contribution in [2.45, 2.75) is 13.8 Å². The number of hydrogen-bond donors (Lipinski definition) is 2. The van der Waals surface area contributed by atoms with Gasteiger partial charge in [0.05, 0.1) is 0 Å². The minimum atomic E-state index is -0.399. The van der Waals surface area contributed by atoms with E-state index >= 15 is 0 Å². The first kappa shape index (κ1) is 18.5. The fourth-order valence-electron chi connectivity index (χ4n) is 2.44. The molecule has 7 heteroatoms. The summed E-state index contributed by atoms with van der Waals surface area (Å²) in [4.78, 5) is 32.1. The van der Waals surface area contributed by atoms with Crippen LogP contribution in [0.1, 0.15) is 33.3 Å². The van der Waals surface area contributed by atoms with Gasteiger partial charge in [-0.2, -0.15) is 0 Å². The molecule has 136 valence electrons. The summed E-state index contributed by atoms with van der Waals surface area (Å²) in [6.07, 6.45) is 1.31. The van der Waals surface area contributed by atoms with Gasteiger partial charge in [0.15, 0.2) is 5.78 Å². The summed E-state index contributed by atoms with van der Waals surface area (Å²) in [6.45, 7) is 3.36. The third-order valence-electron chi connectivity index (χ3n) is 3.96. The third kappa shape index (κ3) is 4.48. The van der Waals surface area contributed by atoms with Gasteiger partial charge in [0.1, 0.15) is 17.8 Å². The molecule has 6 nitrogen and oxygen atoms in total. The molecule has 0 fully saturated rings. The molecule has 0 bridgehead atoms. The van der Waals surface area contributed by atoms with Crippen LogP contribution in [0.25, 0.3) is 0 Å². The van der Waals surface area contributed by atoms with E-state index in [4.69, 9.17) is 11.6 Å². The summed E-state index contributed by atoms with van der Waals surface area (Å²) >= 11 is 6.13. The molecule has 0 unspecified atom stereocenters. The summed E-state index contributed by atoms with van der Waals surface area (Å²) in [5, 5.41) is 6.51. The molecule has 0 aliphatic rings. The second kappa shape index (κ2) is 7.97. The van der Waals surface area contributed by atoms with E-state index in [1.807, 2.05) is 19.1 Å². The lowest BCUT2D eigenvalue weighted by Gasteiger charge is -2.11. The first-order valence-electron chi connectivity index (χ1n) is 8.20. The third-order valence-corrected chi connectivity index (χ3v) is 4.37. The number of amides is 1. The van der Waals surface area contributed by atoms with Crippen LogP contribution in [0.5, 0.6) is 0 Å². The number of Topliss-reactive ketones (excluding diaryl/α,β-unsaturated/α-hetero) is 1. The van der Waals surface area contributed by atoms with Crippen LogP contribution in [0.3, 0.4) is 0 Å². The molecule has 27 heavy (non-hydrogen) atoms. The van der Waals surface area contributed by atoms with E-state index in [0.717, 1.165) is 11.3 Å². The molecule has 0 atom stereocenters. The highest BCUT2D eigenvalue weighted by atomic mass is 35.5. The predicted octanol–water partition coefficient (Wildman–Crippen LogP) is 4.64. The summed E-state index contributed by atoms with van der Waals surface area (Å²) < 4.78 is 0. The topological polar surface area (TPSA) is 84.0 Å². The average molecular weight is 381 g/mol. The fraction of sp³-hybridized carbons (Fsp3) is 0.100. The number of ketones is 1. The molecule has 3 rings (SSSR count). The van der Waals surface area contributed by atoms with Gasteiger partial charge < -0.3 is 10.6 Å². The van der Waals surface area contributed by atoms with Crippen molar-refractivity contribution in [2.24, 2.45) is 0 Å². The molecule has 0 aliphatic carbocycles. The van der Waals surface area contributed by atoms with Crippen molar-refractivity contribution in [3.05, 3.63) is 76.7 Å². The maximum absolute atomic E-state index is 12.5. The average Bonchev–Trinajstić information content (AvgIpc) is 2.66. The standard InChI is InChI=1S/C20H17ClN4O2/c1-12-16(21)7-4-8-17(12)25-19-10-18(22-11-23-19)20(27)24-15-6-3-5-14(9-15)13(2)26/h3-11H,1-2H3,(H,24,27)(H,22,23,25). The number of hydrogen-bond acceptors (Lipinski definition) is 5. The van der Waals surface area contributed by atoms with Gasteiger partial charge in [-0.15, -0.1) is 0 Å². The molecule has 1 amide bonds. The first-order chi connectivity index (χ1) is 12.9. The Morgan fingerprint density at radius 3 is 2.59 bits per heavy atom. The zero-order chi connectivity index (χ0) is 19.4. The maximum atomic E-state index is 12.5. The van der Waals surface area contributed by atoms with Gasteiger partial charge >= 0.3 is 0 Å². The van der Waals surface area contributed by atoms with Crippen LogP contribution in [0.2, 0.25) is 5.02 Å². The minimum absolute atomic E-state index is 0.0727. The Labute approximate surface area is 161 Å². The monoisotopic (exact) mass is 380 g/mol. The molecule has 1 aromatic heterocycles. The first-order valence-corrected chi connectivity index (χ1v) is 8.58. The Hall–Kier alpha value is -3.25. The van der Waals surface area contributed by atoms with Crippen LogP contribution in [-0.4, -0.2) is 21.7 Å². The Bertz CT molecular complexity index is 1020. The van der Waals surface area contributed by atoms with Gasteiger partial charge in [0.2, 0.25) is 0 Å². The van der Waals surface area contributed by atoms with Crippen LogP contribution in [0, 0.1) is 6.92 Å². The molecule has 3 aromatic rings. The van der Waals surface area contributed by atoms with E-state index in [2.05, 4.69) is 20.6 Å². The number of anilines is 3. The van der Waals surface area contributed by atoms with Crippen molar-refractivity contribution in [1.29, 1.82) is 0 Å². The van der Waals surface area contributed by atoms with Crippen LogP contribution in [0.4, 0.5) is 17.2 Å². The lowest BCUT2D eigenvalue weighted by Crippen LogP contribution is -2.14. The van der Waals surface area contributed by atoms with Gasteiger partial charge in [-0.3, -0.25) is 9.59 Å². The Morgan fingerprint density at radius 2 is 1.81 bits per heavy atom. The number of aromatic nitrogens is 2. The summed E-state index contributed by atoms with van der Waals surface area (Å²) in [5.41, 5.74) is 2.91. The molecule has 0 saturated carbocycles. The minimum Gasteiger partial charge on any atom is -0.340 e. The van der Waals surface area contributed by atoms with Crippen LogP contribution < -0.4 is 10.6 Å².